The van der Waals surface area contributed by atoms with E-state index in [0.29, 0.717) is 23.3 Å². The predicted octanol–water partition coefficient (Wildman–Crippen LogP) is 3.66. The molecule has 0 aliphatic rings. The fourth-order valence-corrected chi connectivity index (χ4v) is 2.83. The molecule has 0 amide bonds. The Kier molecular flexibility index (Phi) is 4.12. The molecule has 0 unspecified atom stereocenters. The smallest absolute Gasteiger partial charge is 0.337 e. The third kappa shape index (κ3) is 2.69. The van der Waals surface area contributed by atoms with Crippen molar-refractivity contribution >= 4 is 17.0 Å². The Morgan fingerprint density at radius 2 is 1.90 bits per heavy atom. The number of carboxylic acid groups (broad SMARTS) is 1. The summed E-state index contributed by atoms with van der Waals surface area (Å²) in [6.07, 6.45) is 1.76. The van der Waals surface area contributed by atoms with Crippen molar-refractivity contribution in [2.24, 2.45) is 17.8 Å². The molecular weight excluding hydrogens is 252 g/mol. The van der Waals surface area contributed by atoms with E-state index in [0.717, 1.165) is 12.1 Å². The number of carbonyl (C=O) groups is 1. The summed E-state index contributed by atoms with van der Waals surface area (Å²) in [5, 5.41) is 9.20. The minimum atomic E-state index is -0.926. The SMILES string of the molecule is CC(C)C(Cn1cnc2c(C(=O)O)cccc21)C(C)C. The molecule has 108 valence electrons. The maximum atomic E-state index is 11.2. The first-order valence-electron chi connectivity index (χ1n) is 7.09. The van der Waals surface area contributed by atoms with Crippen molar-refractivity contribution < 1.29 is 9.90 Å². The van der Waals surface area contributed by atoms with Gasteiger partial charge >= 0.3 is 5.97 Å². The zero-order valence-electron chi connectivity index (χ0n) is 12.5. The first-order chi connectivity index (χ1) is 9.41. The number of hydrogen-bond acceptors (Lipinski definition) is 2. The lowest BCUT2D eigenvalue weighted by molar-refractivity contribution is 0.0699. The number of para-hydroxylation sites is 1. The van der Waals surface area contributed by atoms with Crippen molar-refractivity contribution in [2.75, 3.05) is 0 Å². The average Bonchev–Trinajstić information content (AvgIpc) is 2.77. The van der Waals surface area contributed by atoms with Gasteiger partial charge in [0.1, 0.15) is 5.52 Å². The largest absolute Gasteiger partial charge is 0.478 e. The number of benzene rings is 1. The predicted molar refractivity (Wildman–Crippen MR) is 79.9 cm³/mol. The zero-order chi connectivity index (χ0) is 14.9. The molecule has 1 aromatic carbocycles. The number of aromatic carboxylic acids is 1. The summed E-state index contributed by atoms with van der Waals surface area (Å²) >= 11 is 0. The van der Waals surface area contributed by atoms with Crippen LogP contribution in [-0.2, 0) is 6.54 Å². The molecule has 0 saturated heterocycles. The van der Waals surface area contributed by atoms with E-state index >= 15 is 0 Å². The molecule has 1 N–H and O–H groups in total. The van der Waals surface area contributed by atoms with Crippen LogP contribution in [0.15, 0.2) is 24.5 Å². The maximum absolute atomic E-state index is 11.2. The van der Waals surface area contributed by atoms with Gasteiger partial charge in [0.25, 0.3) is 0 Å². The molecule has 0 aliphatic carbocycles. The standard InChI is InChI=1S/C16H22N2O2/c1-10(2)13(11(3)4)8-18-9-17-15-12(16(19)20)6-5-7-14(15)18/h5-7,9-11,13H,8H2,1-4H3,(H,19,20). The maximum Gasteiger partial charge on any atom is 0.337 e. The van der Waals surface area contributed by atoms with Gasteiger partial charge in [-0.1, -0.05) is 33.8 Å². The van der Waals surface area contributed by atoms with Crippen molar-refractivity contribution in [3.8, 4) is 0 Å². The summed E-state index contributed by atoms with van der Waals surface area (Å²) in [6.45, 7) is 9.78. The third-order valence-corrected chi connectivity index (χ3v) is 4.00. The van der Waals surface area contributed by atoms with Crippen LogP contribution in [0.1, 0.15) is 38.1 Å². The van der Waals surface area contributed by atoms with Crippen LogP contribution in [0.3, 0.4) is 0 Å². The molecule has 0 radical (unpaired) electrons. The van der Waals surface area contributed by atoms with Gasteiger partial charge in [0.2, 0.25) is 0 Å². The molecule has 0 aliphatic heterocycles. The molecule has 2 rings (SSSR count). The van der Waals surface area contributed by atoms with Crippen molar-refractivity contribution in [1.29, 1.82) is 0 Å². The number of rotatable bonds is 5. The molecular formula is C16H22N2O2. The zero-order valence-corrected chi connectivity index (χ0v) is 12.5. The Labute approximate surface area is 119 Å². The molecule has 0 spiro atoms. The van der Waals surface area contributed by atoms with E-state index in [-0.39, 0.29) is 5.56 Å². The van der Waals surface area contributed by atoms with Gasteiger partial charge in [0, 0.05) is 6.54 Å². The summed E-state index contributed by atoms with van der Waals surface area (Å²) in [5.41, 5.74) is 1.74. The number of imidazole rings is 1. The van der Waals surface area contributed by atoms with Crippen LogP contribution < -0.4 is 0 Å². The summed E-state index contributed by atoms with van der Waals surface area (Å²) in [6, 6.07) is 5.32. The monoisotopic (exact) mass is 274 g/mol. The Hall–Kier alpha value is -1.84. The van der Waals surface area contributed by atoms with E-state index in [1.54, 1.807) is 18.5 Å². The number of nitrogens with zero attached hydrogens (tertiary/aromatic N) is 2. The normalized spacial score (nSPS) is 11.9. The lowest BCUT2D eigenvalue weighted by Crippen LogP contribution is -2.21. The molecule has 1 aromatic heterocycles. The van der Waals surface area contributed by atoms with Crippen molar-refractivity contribution in [2.45, 2.75) is 34.2 Å². The van der Waals surface area contributed by atoms with Crippen LogP contribution in [0.5, 0.6) is 0 Å². The van der Waals surface area contributed by atoms with Crippen LogP contribution >= 0.6 is 0 Å². The highest BCUT2D eigenvalue weighted by atomic mass is 16.4. The topological polar surface area (TPSA) is 55.1 Å². The molecule has 20 heavy (non-hydrogen) atoms. The highest BCUT2D eigenvalue weighted by molar-refractivity contribution is 6.00. The molecule has 0 bridgehead atoms. The first kappa shape index (κ1) is 14.6. The Balaban J connectivity index is 2.41. The molecule has 0 fully saturated rings. The molecule has 1 heterocycles. The minimum Gasteiger partial charge on any atom is -0.478 e. The number of hydrogen-bond donors (Lipinski definition) is 1. The van der Waals surface area contributed by atoms with Crippen molar-refractivity contribution in [3.05, 3.63) is 30.1 Å². The Morgan fingerprint density at radius 3 is 2.45 bits per heavy atom. The lowest BCUT2D eigenvalue weighted by atomic mass is 9.85. The van der Waals surface area contributed by atoms with Crippen LogP contribution in [0.25, 0.3) is 11.0 Å². The van der Waals surface area contributed by atoms with E-state index in [4.69, 9.17) is 0 Å². The summed E-state index contributed by atoms with van der Waals surface area (Å²) in [4.78, 5) is 15.5. The second-order valence-corrected chi connectivity index (χ2v) is 6.03. The fourth-order valence-electron chi connectivity index (χ4n) is 2.83. The van der Waals surface area contributed by atoms with Crippen LogP contribution in [-0.4, -0.2) is 20.6 Å². The van der Waals surface area contributed by atoms with Gasteiger partial charge in [-0.15, -0.1) is 0 Å². The van der Waals surface area contributed by atoms with E-state index in [1.165, 1.54) is 0 Å². The van der Waals surface area contributed by atoms with Crippen molar-refractivity contribution in [3.63, 3.8) is 0 Å². The molecule has 2 aromatic rings. The Morgan fingerprint density at radius 1 is 1.25 bits per heavy atom. The molecule has 4 heteroatoms. The quantitative estimate of drug-likeness (QED) is 0.905. The van der Waals surface area contributed by atoms with Gasteiger partial charge < -0.3 is 9.67 Å². The molecule has 0 atom stereocenters. The second kappa shape index (κ2) is 5.65. The number of fused-ring (bicyclic) bond motifs is 1. The minimum absolute atomic E-state index is 0.270. The first-order valence-corrected chi connectivity index (χ1v) is 7.09. The van der Waals surface area contributed by atoms with E-state index in [9.17, 15) is 9.90 Å². The summed E-state index contributed by atoms with van der Waals surface area (Å²) < 4.78 is 2.08. The highest BCUT2D eigenvalue weighted by Gasteiger charge is 2.20. The fraction of sp³-hybridized carbons (Fsp3) is 0.500. The van der Waals surface area contributed by atoms with Gasteiger partial charge in [-0.25, -0.2) is 9.78 Å². The van der Waals surface area contributed by atoms with Crippen LogP contribution in [0, 0.1) is 17.8 Å². The summed E-state index contributed by atoms with van der Waals surface area (Å²) in [7, 11) is 0. The number of aromatic nitrogens is 2. The van der Waals surface area contributed by atoms with Gasteiger partial charge in [-0.2, -0.15) is 0 Å². The Bertz CT molecular complexity index is 606. The second-order valence-electron chi connectivity index (χ2n) is 6.03. The lowest BCUT2D eigenvalue weighted by Gasteiger charge is -2.25. The third-order valence-electron chi connectivity index (χ3n) is 4.00. The number of carboxylic acids is 1. The van der Waals surface area contributed by atoms with Gasteiger partial charge in [-0.3, -0.25) is 0 Å². The summed E-state index contributed by atoms with van der Waals surface area (Å²) in [5.74, 6) is 0.774. The highest BCUT2D eigenvalue weighted by Crippen LogP contribution is 2.25. The molecule has 4 nitrogen and oxygen atoms in total. The van der Waals surface area contributed by atoms with Gasteiger partial charge in [-0.05, 0) is 29.9 Å². The van der Waals surface area contributed by atoms with E-state index in [1.807, 2.05) is 6.07 Å². The van der Waals surface area contributed by atoms with Crippen LogP contribution in [0.4, 0.5) is 0 Å². The van der Waals surface area contributed by atoms with Crippen LogP contribution in [0.2, 0.25) is 0 Å². The van der Waals surface area contributed by atoms with Gasteiger partial charge in [0.05, 0.1) is 17.4 Å². The average molecular weight is 274 g/mol. The van der Waals surface area contributed by atoms with E-state index in [2.05, 4.69) is 37.2 Å². The van der Waals surface area contributed by atoms with Crippen molar-refractivity contribution in [1.82, 2.24) is 9.55 Å². The molecule has 0 saturated carbocycles. The van der Waals surface area contributed by atoms with E-state index < -0.39 is 5.97 Å². The van der Waals surface area contributed by atoms with Gasteiger partial charge in [0.15, 0.2) is 0 Å².